The van der Waals surface area contributed by atoms with Gasteiger partial charge in [-0.25, -0.2) is 4.79 Å². The van der Waals surface area contributed by atoms with Gasteiger partial charge in [-0.1, -0.05) is 64.0 Å². The maximum Gasteiger partial charge on any atom is 0.427 e. The summed E-state index contributed by atoms with van der Waals surface area (Å²) in [6.07, 6.45) is 9.14. The number of hydrogen-bond donors (Lipinski definition) is 1. The number of hydrogen-bond acceptors (Lipinski definition) is 4. The number of halogens is 3. The molecule has 0 heterocycles. The minimum absolute atomic E-state index is 0.523. The molecule has 3 unspecified atom stereocenters. The minimum Gasteiger partial charge on any atom is -0.482 e. The first-order valence-corrected chi connectivity index (χ1v) is 13.1. The molecule has 2 aliphatic carbocycles. The van der Waals surface area contributed by atoms with Crippen LogP contribution in [0, 0.1) is 17.8 Å². The number of unbranched alkanes of at least 4 members (excludes halogenated alkanes) is 5. The highest BCUT2D eigenvalue weighted by molar-refractivity contribution is 5.71. The van der Waals surface area contributed by atoms with Gasteiger partial charge in [0.15, 0.2) is 6.61 Å². The molecule has 2 aliphatic rings. The monoisotopic (exact) mass is 500 g/mol. The van der Waals surface area contributed by atoms with Crippen LogP contribution >= 0.6 is 0 Å². The SMILES string of the molecule is CCCCCCCCC1CCC2Cc3c(cccc3OCC(=O)OC(C)(C)C(F)(F)F)CC12.CO. The van der Waals surface area contributed by atoms with Crippen molar-refractivity contribution in [2.24, 2.45) is 17.8 Å². The summed E-state index contributed by atoms with van der Waals surface area (Å²) in [6, 6.07) is 5.85. The summed E-state index contributed by atoms with van der Waals surface area (Å²) in [4.78, 5) is 12.0. The van der Waals surface area contributed by atoms with Gasteiger partial charge in [0.05, 0.1) is 0 Å². The smallest absolute Gasteiger partial charge is 0.427 e. The second-order valence-corrected chi connectivity index (χ2v) is 10.4. The number of ether oxygens (including phenoxy) is 2. The summed E-state index contributed by atoms with van der Waals surface area (Å²) < 4.78 is 49.2. The second kappa shape index (κ2) is 13.5. The number of aliphatic hydroxyl groups is 1. The quantitative estimate of drug-likeness (QED) is 0.261. The van der Waals surface area contributed by atoms with Crippen LogP contribution in [0.3, 0.4) is 0 Å². The summed E-state index contributed by atoms with van der Waals surface area (Å²) in [5, 5.41) is 7.00. The van der Waals surface area contributed by atoms with Gasteiger partial charge in [0.1, 0.15) is 5.75 Å². The molecular formula is C28H43F3O4. The molecule has 4 nitrogen and oxygen atoms in total. The lowest BCUT2D eigenvalue weighted by Crippen LogP contribution is -2.44. The molecule has 0 aromatic heterocycles. The molecule has 0 aliphatic heterocycles. The molecule has 1 N–H and O–H groups in total. The normalized spacial score (nSPS) is 21.4. The Hall–Kier alpha value is -1.76. The summed E-state index contributed by atoms with van der Waals surface area (Å²) in [7, 11) is 1.00. The second-order valence-electron chi connectivity index (χ2n) is 10.4. The van der Waals surface area contributed by atoms with E-state index in [4.69, 9.17) is 9.84 Å². The Labute approximate surface area is 208 Å². The van der Waals surface area contributed by atoms with Crippen molar-refractivity contribution in [3.05, 3.63) is 29.3 Å². The molecule has 7 heteroatoms. The first-order valence-electron chi connectivity index (χ1n) is 13.1. The van der Waals surface area contributed by atoms with Crippen LogP contribution in [0.15, 0.2) is 18.2 Å². The maximum atomic E-state index is 13.0. The molecule has 35 heavy (non-hydrogen) atoms. The van der Waals surface area contributed by atoms with Crippen LogP contribution in [0.4, 0.5) is 13.2 Å². The zero-order valence-electron chi connectivity index (χ0n) is 21.8. The average molecular weight is 501 g/mol. The third kappa shape index (κ3) is 8.12. The number of carbonyl (C=O) groups is 1. The van der Waals surface area contributed by atoms with E-state index in [0.717, 1.165) is 45.3 Å². The predicted octanol–water partition coefficient (Wildman–Crippen LogP) is 7.05. The average Bonchev–Trinajstić information content (AvgIpc) is 3.20. The zero-order valence-corrected chi connectivity index (χ0v) is 21.8. The third-order valence-corrected chi connectivity index (χ3v) is 7.60. The number of rotatable bonds is 11. The Morgan fingerprint density at radius 2 is 1.71 bits per heavy atom. The van der Waals surface area contributed by atoms with E-state index in [1.165, 1.54) is 63.4 Å². The Balaban J connectivity index is 0.00000210. The molecule has 0 bridgehead atoms. The Bertz CT molecular complexity index is 791. The lowest BCUT2D eigenvalue weighted by atomic mass is 9.73. The topological polar surface area (TPSA) is 55.8 Å². The van der Waals surface area contributed by atoms with Gasteiger partial charge in [-0.15, -0.1) is 0 Å². The molecule has 1 saturated carbocycles. The lowest BCUT2D eigenvalue weighted by Gasteiger charge is -2.32. The van der Waals surface area contributed by atoms with Crippen LogP contribution in [0.25, 0.3) is 0 Å². The number of esters is 1. The lowest BCUT2D eigenvalue weighted by molar-refractivity contribution is -0.257. The van der Waals surface area contributed by atoms with Gasteiger partial charge >= 0.3 is 12.1 Å². The number of benzene rings is 1. The van der Waals surface area contributed by atoms with E-state index >= 15 is 0 Å². The Kier molecular flexibility index (Phi) is 11.4. The summed E-state index contributed by atoms with van der Waals surface area (Å²) in [6.45, 7) is 3.41. The summed E-state index contributed by atoms with van der Waals surface area (Å²) in [5.74, 6) is 1.72. The molecule has 0 amide bonds. The van der Waals surface area contributed by atoms with Gasteiger partial charge in [-0.3, -0.25) is 0 Å². The van der Waals surface area contributed by atoms with Crippen molar-refractivity contribution in [2.75, 3.05) is 13.7 Å². The standard InChI is InChI=1S/C27H39F3O3.CH4O/c1-4-5-6-7-8-9-11-19-14-15-21-17-23-20(16-22(19)21)12-10-13-24(23)32-18-25(31)33-26(2,3)27(28,29)30;1-2/h10,12-13,19,21-22H,4-9,11,14-18H2,1-3H3;2H,1H3. The number of fused-ring (bicyclic) bond motifs is 2. The van der Waals surface area contributed by atoms with E-state index in [0.29, 0.717) is 17.6 Å². The van der Waals surface area contributed by atoms with E-state index < -0.39 is 24.4 Å². The third-order valence-electron chi connectivity index (χ3n) is 7.60. The highest BCUT2D eigenvalue weighted by atomic mass is 19.4. The van der Waals surface area contributed by atoms with E-state index in [-0.39, 0.29) is 0 Å². The Morgan fingerprint density at radius 3 is 2.40 bits per heavy atom. The molecular weight excluding hydrogens is 457 g/mol. The van der Waals surface area contributed by atoms with Gasteiger partial charge in [-0.2, -0.15) is 13.2 Å². The number of carbonyl (C=O) groups excluding carboxylic acids is 1. The van der Waals surface area contributed by atoms with Crippen LogP contribution < -0.4 is 4.74 Å². The number of alkyl halides is 3. The minimum atomic E-state index is -4.63. The highest BCUT2D eigenvalue weighted by Gasteiger charge is 2.51. The van der Waals surface area contributed by atoms with Gasteiger partial charge in [0.2, 0.25) is 5.60 Å². The van der Waals surface area contributed by atoms with Crippen LogP contribution in [-0.4, -0.2) is 36.6 Å². The van der Waals surface area contributed by atoms with E-state index in [2.05, 4.69) is 17.7 Å². The molecule has 1 fully saturated rings. The molecule has 1 aromatic rings. The van der Waals surface area contributed by atoms with Crippen LogP contribution in [0.5, 0.6) is 5.75 Å². The largest absolute Gasteiger partial charge is 0.482 e. The first kappa shape index (κ1) is 29.5. The molecule has 3 atom stereocenters. The van der Waals surface area contributed by atoms with Gasteiger partial charge in [0, 0.05) is 7.11 Å². The maximum absolute atomic E-state index is 13.0. The van der Waals surface area contributed by atoms with E-state index in [1.54, 1.807) is 0 Å². The van der Waals surface area contributed by atoms with Crippen molar-refractivity contribution in [3.63, 3.8) is 0 Å². The molecule has 3 rings (SSSR count). The molecule has 200 valence electrons. The molecule has 0 radical (unpaired) electrons. The van der Waals surface area contributed by atoms with Crippen molar-refractivity contribution in [1.29, 1.82) is 0 Å². The van der Waals surface area contributed by atoms with Crippen LogP contribution in [0.2, 0.25) is 0 Å². The summed E-state index contributed by atoms with van der Waals surface area (Å²) >= 11 is 0. The fraction of sp³-hybridized carbons (Fsp3) is 0.750. The van der Waals surface area contributed by atoms with Crippen LogP contribution in [-0.2, 0) is 22.4 Å². The van der Waals surface area contributed by atoms with Crippen molar-refractivity contribution < 1.29 is 32.5 Å². The predicted molar refractivity (Wildman–Crippen MR) is 131 cm³/mol. The fourth-order valence-electron chi connectivity index (χ4n) is 5.57. The highest BCUT2D eigenvalue weighted by Crippen LogP contribution is 2.48. The fourth-order valence-corrected chi connectivity index (χ4v) is 5.57. The van der Waals surface area contributed by atoms with Gasteiger partial charge < -0.3 is 14.6 Å². The van der Waals surface area contributed by atoms with Crippen molar-refractivity contribution in [3.8, 4) is 5.75 Å². The zero-order chi connectivity index (χ0) is 26.1. The van der Waals surface area contributed by atoms with Gasteiger partial charge in [0.25, 0.3) is 0 Å². The molecule has 0 spiro atoms. The van der Waals surface area contributed by atoms with Crippen molar-refractivity contribution in [2.45, 2.75) is 103 Å². The Morgan fingerprint density at radius 1 is 1.03 bits per heavy atom. The van der Waals surface area contributed by atoms with Crippen LogP contribution in [0.1, 0.15) is 89.7 Å². The molecule has 0 saturated heterocycles. The van der Waals surface area contributed by atoms with Crippen molar-refractivity contribution in [1.82, 2.24) is 0 Å². The first-order chi connectivity index (χ1) is 16.6. The van der Waals surface area contributed by atoms with E-state index in [1.807, 2.05) is 12.1 Å². The summed E-state index contributed by atoms with van der Waals surface area (Å²) in [5.41, 5.74) is -0.166. The van der Waals surface area contributed by atoms with Gasteiger partial charge in [-0.05, 0) is 74.5 Å². The number of aliphatic hydroxyl groups excluding tert-OH is 1. The van der Waals surface area contributed by atoms with E-state index in [9.17, 15) is 18.0 Å². The van der Waals surface area contributed by atoms with Crippen molar-refractivity contribution >= 4 is 5.97 Å². The molecule has 1 aromatic carbocycles.